The second-order valence-corrected chi connectivity index (χ2v) is 12.3. The number of hydrogen-bond acceptors (Lipinski definition) is 7. The molecule has 4 heterocycles. The summed E-state index contributed by atoms with van der Waals surface area (Å²) < 4.78 is 33.8. The predicted octanol–water partition coefficient (Wildman–Crippen LogP) is 2.42. The number of piperazine rings is 1. The van der Waals surface area contributed by atoms with Gasteiger partial charge in [0, 0.05) is 62.4 Å². The molecular formula is C26H32N6O4S. The number of benzene rings is 1. The average molecular weight is 525 g/mol. The molecule has 0 unspecified atom stereocenters. The Morgan fingerprint density at radius 2 is 1.84 bits per heavy atom. The number of carbonyl (C=O) groups is 1. The highest BCUT2D eigenvalue weighted by Crippen LogP contribution is 2.40. The third-order valence-corrected chi connectivity index (χ3v) is 8.97. The van der Waals surface area contributed by atoms with Crippen molar-refractivity contribution in [3.05, 3.63) is 36.7 Å². The van der Waals surface area contributed by atoms with Crippen LogP contribution in [0.2, 0.25) is 0 Å². The van der Waals surface area contributed by atoms with Crippen molar-refractivity contribution in [1.82, 2.24) is 24.2 Å². The minimum Gasteiger partial charge on any atom is -0.473 e. The molecule has 6 rings (SSSR count). The van der Waals surface area contributed by atoms with Gasteiger partial charge >= 0.3 is 0 Å². The number of rotatable bonds is 7. The Hall–Kier alpha value is -3.18. The lowest BCUT2D eigenvalue weighted by molar-refractivity contribution is -0.119. The van der Waals surface area contributed by atoms with Gasteiger partial charge in [0.1, 0.15) is 11.6 Å². The van der Waals surface area contributed by atoms with Gasteiger partial charge in [0.15, 0.2) is 0 Å². The fourth-order valence-electron chi connectivity index (χ4n) is 5.24. The van der Waals surface area contributed by atoms with Crippen molar-refractivity contribution in [2.45, 2.75) is 38.3 Å². The molecule has 2 atom stereocenters. The summed E-state index contributed by atoms with van der Waals surface area (Å²) in [6.07, 6.45) is 5.70. The molecule has 3 aromatic rings. The van der Waals surface area contributed by atoms with E-state index < -0.39 is 10.0 Å². The summed E-state index contributed by atoms with van der Waals surface area (Å²) in [5.41, 5.74) is 4.55. The largest absolute Gasteiger partial charge is 0.473 e. The lowest BCUT2D eigenvalue weighted by Crippen LogP contribution is -2.48. The maximum absolute atomic E-state index is 11.8. The molecule has 0 spiro atoms. The van der Waals surface area contributed by atoms with Crippen LogP contribution in [0.25, 0.3) is 22.3 Å². The number of ether oxygens (including phenoxy) is 1. The first kappa shape index (κ1) is 24.2. The quantitative estimate of drug-likeness (QED) is 0.506. The first-order valence-corrected chi connectivity index (χ1v) is 14.7. The van der Waals surface area contributed by atoms with E-state index in [-0.39, 0.29) is 17.9 Å². The number of fused-ring (bicyclic) bond motifs is 1. The normalized spacial score (nSPS) is 21.8. The lowest BCUT2D eigenvalue weighted by Gasteiger charge is -2.34. The Balaban J connectivity index is 1.26. The number of anilines is 1. The summed E-state index contributed by atoms with van der Waals surface area (Å²) in [5.74, 6) is 0.727. The van der Waals surface area contributed by atoms with Crippen LogP contribution in [0.1, 0.15) is 32.2 Å². The molecule has 10 nitrogen and oxygen atoms in total. The second kappa shape index (κ2) is 9.29. The minimum atomic E-state index is -3.15. The highest BCUT2D eigenvalue weighted by Gasteiger charge is 2.31. The van der Waals surface area contributed by atoms with E-state index >= 15 is 0 Å². The fourth-order valence-corrected chi connectivity index (χ4v) is 6.06. The van der Waals surface area contributed by atoms with Crippen LogP contribution in [0.15, 0.2) is 36.7 Å². The molecule has 1 aliphatic carbocycles. The molecule has 3 aliphatic rings. The summed E-state index contributed by atoms with van der Waals surface area (Å²) in [6.45, 7) is 4.91. The molecule has 1 saturated carbocycles. The van der Waals surface area contributed by atoms with Crippen molar-refractivity contribution in [3.8, 4) is 17.1 Å². The molecule has 2 saturated heterocycles. The molecule has 2 aromatic heterocycles. The third-order valence-electron chi connectivity index (χ3n) is 7.67. The van der Waals surface area contributed by atoms with Crippen LogP contribution in [0, 0.1) is 5.92 Å². The zero-order chi connectivity index (χ0) is 25.7. The topological polar surface area (TPSA) is 110 Å². The number of hydrogen-bond donors (Lipinski definition) is 1. The average Bonchev–Trinajstić information content (AvgIpc) is 3.48. The molecule has 1 N–H and O–H groups in total. The molecular weight excluding hydrogens is 492 g/mol. The Bertz CT molecular complexity index is 1430. The number of aromatic nitrogens is 3. The van der Waals surface area contributed by atoms with Crippen LogP contribution < -0.4 is 15.0 Å². The fraction of sp³-hybridized carbons (Fsp3) is 0.500. The van der Waals surface area contributed by atoms with Crippen molar-refractivity contribution in [3.63, 3.8) is 0 Å². The first-order valence-electron chi connectivity index (χ1n) is 12.9. The molecule has 1 amide bonds. The molecule has 0 radical (unpaired) electrons. The molecule has 0 bridgehead atoms. The maximum atomic E-state index is 11.8. The Morgan fingerprint density at radius 1 is 1.11 bits per heavy atom. The Morgan fingerprint density at radius 3 is 2.46 bits per heavy atom. The number of imidazole rings is 1. The van der Waals surface area contributed by atoms with Crippen molar-refractivity contribution in [1.29, 1.82) is 0 Å². The summed E-state index contributed by atoms with van der Waals surface area (Å²) in [6, 6.07) is 10.6. The van der Waals surface area contributed by atoms with Crippen LogP contribution in [0.3, 0.4) is 0 Å². The van der Waals surface area contributed by atoms with Gasteiger partial charge in [-0.15, -0.1) is 0 Å². The zero-order valence-corrected chi connectivity index (χ0v) is 21.9. The first-order chi connectivity index (χ1) is 17.8. The van der Waals surface area contributed by atoms with Gasteiger partial charge in [0.2, 0.25) is 21.8 Å². The van der Waals surface area contributed by atoms with E-state index in [1.165, 1.54) is 10.6 Å². The van der Waals surface area contributed by atoms with Crippen LogP contribution >= 0.6 is 0 Å². The summed E-state index contributed by atoms with van der Waals surface area (Å²) in [7, 11) is -3.15. The van der Waals surface area contributed by atoms with Gasteiger partial charge in [0.25, 0.3) is 0 Å². The second-order valence-electron chi connectivity index (χ2n) is 10.4. The number of carbonyl (C=O) groups excluding carboxylic acids is 1. The highest BCUT2D eigenvalue weighted by atomic mass is 32.2. The van der Waals surface area contributed by atoms with Gasteiger partial charge in [-0.3, -0.25) is 4.79 Å². The Kier molecular flexibility index (Phi) is 6.07. The van der Waals surface area contributed by atoms with E-state index in [1.807, 2.05) is 31.5 Å². The van der Waals surface area contributed by atoms with Crippen LogP contribution in [0.5, 0.6) is 5.88 Å². The lowest BCUT2D eigenvalue weighted by atomic mass is 10.0. The summed E-state index contributed by atoms with van der Waals surface area (Å²) in [4.78, 5) is 23.6. The molecule has 196 valence electrons. The summed E-state index contributed by atoms with van der Waals surface area (Å²) >= 11 is 0. The SMILES string of the molecule is C[C@@H](Oc1nc(-c2ccc(N3CCN(S(C)(=O)=O)CC3)cc2)cc2ncn(C3CC3)c12)[C@H]1CNC(=O)C1. The van der Waals surface area contributed by atoms with Gasteiger partial charge in [-0.05, 0) is 38.0 Å². The van der Waals surface area contributed by atoms with Crippen LogP contribution in [-0.2, 0) is 14.8 Å². The number of sulfonamides is 1. The number of nitrogens with zero attached hydrogens (tertiary/aromatic N) is 5. The highest BCUT2D eigenvalue weighted by molar-refractivity contribution is 7.88. The van der Waals surface area contributed by atoms with E-state index in [4.69, 9.17) is 9.72 Å². The smallest absolute Gasteiger partial charge is 0.241 e. The molecule has 2 aliphatic heterocycles. The van der Waals surface area contributed by atoms with E-state index in [9.17, 15) is 13.2 Å². The van der Waals surface area contributed by atoms with Crippen molar-refractivity contribution in [2.24, 2.45) is 5.92 Å². The Labute approximate surface area is 216 Å². The maximum Gasteiger partial charge on any atom is 0.241 e. The van der Waals surface area contributed by atoms with Crippen molar-refractivity contribution in [2.75, 3.05) is 43.9 Å². The van der Waals surface area contributed by atoms with Crippen molar-refractivity contribution < 1.29 is 17.9 Å². The van der Waals surface area contributed by atoms with E-state index in [0.29, 0.717) is 51.1 Å². The molecule has 37 heavy (non-hydrogen) atoms. The van der Waals surface area contributed by atoms with E-state index in [1.54, 1.807) is 0 Å². The van der Waals surface area contributed by atoms with Crippen LogP contribution in [0.4, 0.5) is 5.69 Å². The van der Waals surface area contributed by atoms with E-state index in [0.717, 1.165) is 40.8 Å². The molecule has 1 aromatic carbocycles. The van der Waals surface area contributed by atoms with Gasteiger partial charge in [-0.1, -0.05) is 12.1 Å². The van der Waals surface area contributed by atoms with Gasteiger partial charge in [-0.2, -0.15) is 4.31 Å². The minimum absolute atomic E-state index is 0.0631. The standard InChI is InChI=1S/C26H32N6O4S/c1-17(19-13-24(33)27-15-19)36-26-25-23(28-16-32(25)21-7-8-21)14-22(29-26)18-3-5-20(6-4-18)30-9-11-31(12-10-30)37(2,34)35/h3-6,14,16-17,19,21H,7-13,15H2,1-2H3,(H,27,33)/t17-,19-/m1/s1. The molecule has 3 fully saturated rings. The number of nitrogens with one attached hydrogen (secondary N) is 1. The monoisotopic (exact) mass is 524 g/mol. The van der Waals surface area contributed by atoms with Gasteiger partial charge in [-0.25, -0.2) is 18.4 Å². The van der Waals surface area contributed by atoms with E-state index in [2.05, 4.69) is 31.9 Å². The number of amides is 1. The molecule has 11 heteroatoms. The van der Waals surface area contributed by atoms with Crippen LogP contribution in [-0.4, -0.2) is 78.2 Å². The van der Waals surface area contributed by atoms with Gasteiger partial charge < -0.3 is 19.5 Å². The number of pyridine rings is 1. The summed E-state index contributed by atoms with van der Waals surface area (Å²) in [5, 5.41) is 2.89. The van der Waals surface area contributed by atoms with Gasteiger partial charge in [0.05, 0.1) is 23.8 Å². The van der Waals surface area contributed by atoms with Crippen molar-refractivity contribution >= 4 is 32.7 Å². The zero-order valence-electron chi connectivity index (χ0n) is 21.1. The third kappa shape index (κ3) is 4.89. The predicted molar refractivity (Wildman–Crippen MR) is 141 cm³/mol.